The van der Waals surface area contributed by atoms with Crippen LogP contribution in [0.15, 0.2) is 35.4 Å². The average molecular weight is 351 g/mol. The third-order valence-electron chi connectivity index (χ3n) is 4.05. The summed E-state index contributed by atoms with van der Waals surface area (Å²) in [5.41, 5.74) is 7.09. The molecule has 6 nitrogen and oxygen atoms in total. The lowest BCUT2D eigenvalue weighted by Crippen LogP contribution is -2.21. The summed E-state index contributed by atoms with van der Waals surface area (Å²) >= 11 is 0. The number of hydrogen-bond acceptors (Lipinski definition) is 6. The Hall–Kier alpha value is -2.91. The van der Waals surface area contributed by atoms with Crippen LogP contribution in [0.5, 0.6) is 0 Å². The van der Waals surface area contributed by atoms with Crippen LogP contribution in [0.2, 0.25) is 0 Å². The second-order valence-corrected chi connectivity index (χ2v) is 5.83. The minimum atomic E-state index is 0.359. The zero-order valence-corrected chi connectivity index (χ0v) is 15.8. The fourth-order valence-electron chi connectivity index (χ4n) is 2.74. The van der Waals surface area contributed by atoms with E-state index in [9.17, 15) is 5.26 Å². The highest BCUT2D eigenvalue weighted by atomic mass is 16.5. The van der Waals surface area contributed by atoms with Gasteiger partial charge in [-0.3, -0.25) is 5.43 Å². The van der Waals surface area contributed by atoms with Crippen LogP contribution in [-0.4, -0.2) is 31.4 Å². The predicted molar refractivity (Wildman–Crippen MR) is 106 cm³/mol. The van der Waals surface area contributed by atoms with E-state index in [1.807, 2.05) is 25.1 Å². The van der Waals surface area contributed by atoms with Gasteiger partial charge >= 0.3 is 0 Å². The molecule has 1 aromatic carbocycles. The summed E-state index contributed by atoms with van der Waals surface area (Å²) in [6.45, 7) is 8.47. The molecule has 26 heavy (non-hydrogen) atoms. The van der Waals surface area contributed by atoms with Crippen LogP contribution in [0.3, 0.4) is 0 Å². The summed E-state index contributed by atoms with van der Waals surface area (Å²) in [7, 11) is 1.60. The Kier molecular flexibility index (Phi) is 7.12. The first-order chi connectivity index (χ1) is 12.6. The Morgan fingerprint density at radius 3 is 2.54 bits per heavy atom. The predicted octanol–water partition coefficient (Wildman–Crippen LogP) is 3.70. The molecule has 1 N–H and O–H groups in total. The number of methoxy groups -OCH3 is 1. The van der Waals surface area contributed by atoms with Crippen molar-refractivity contribution in [2.45, 2.75) is 27.4 Å². The van der Waals surface area contributed by atoms with Gasteiger partial charge in [-0.25, -0.2) is 4.98 Å². The third kappa shape index (κ3) is 4.80. The first-order valence-electron chi connectivity index (χ1n) is 8.66. The zero-order valence-electron chi connectivity index (χ0n) is 15.8. The van der Waals surface area contributed by atoms with Crippen molar-refractivity contribution in [1.82, 2.24) is 4.98 Å². The second-order valence-electron chi connectivity index (χ2n) is 5.83. The number of rotatable bonds is 8. The number of aryl methyl sites for hydroxylation is 1. The largest absolute Gasteiger partial charge is 0.380 e. The average Bonchev–Trinajstić information content (AvgIpc) is 2.64. The number of ether oxygens (including phenoxy) is 1. The summed E-state index contributed by atoms with van der Waals surface area (Å²) in [5, 5.41) is 13.7. The van der Waals surface area contributed by atoms with E-state index in [0.29, 0.717) is 18.0 Å². The summed E-state index contributed by atoms with van der Waals surface area (Å²) in [6.07, 6.45) is 1.72. The van der Waals surface area contributed by atoms with Gasteiger partial charge in [0.05, 0.1) is 12.8 Å². The highest BCUT2D eigenvalue weighted by molar-refractivity contribution is 5.81. The number of anilines is 2. The number of nitrogens with one attached hydrogen (secondary N) is 1. The molecular weight excluding hydrogens is 326 g/mol. The summed E-state index contributed by atoms with van der Waals surface area (Å²) < 4.78 is 5.15. The van der Waals surface area contributed by atoms with E-state index in [-0.39, 0.29) is 0 Å². The number of pyridine rings is 1. The minimum absolute atomic E-state index is 0.359. The first-order valence-corrected chi connectivity index (χ1v) is 8.66. The van der Waals surface area contributed by atoms with E-state index in [1.54, 1.807) is 13.3 Å². The summed E-state index contributed by atoms with van der Waals surface area (Å²) in [6, 6.07) is 12.2. The molecule has 0 saturated carbocycles. The Labute approximate surface area is 155 Å². The molecule has 0 aliphatic heterocycles. The van der Waals surface area contributed by atoms with Crippen LogP contribution in [0, 0.1) is 18.3 Å². The van der Waals surface area contributed by atoms with Crippen LogP contribution in [0.25, 0.3) is 0 Å². The van der Waals surface area contributed by atoms with Crippen molar-refractivity contribution in [1.29, 1.82) is 5.26 Å². The molecule has 6 heteroatoms. The molecular formula is C20H25N5O. The smallest absolute Gasteiger partial charge is 0.164 e. The fraction of sp³-hybridized carbons (Fsp3) is 0.350. The van der Waals surface area contributed by atoms with Crippen molar-refractivity contribution in [2.24, 2.45) is 5.10 Å². The van der Waals surface area contributed by atoms with Crippen molar-refractivity contribution in [3.05, 3.63) is 52.7 Å². The number of nitriles is 1. The Balaban J connectivity index is 2.14. The lowest BCUT2D eigenvalue weighted by atomic mass is 10.1. The normalized spacial score (nSPS) is 10.7. The quantitative estimate of drug-likeness (QED) is 0.580. The highest BCUT2D eigenvalue weighted by Crippen LogP contribution is 2.19. The molecule has 0 radical (unpaired) electrons. The van der Waals surface area contributed by atoms with Crippen LogP contribution in [0.4, 0.5) is 11.5 Å². The van der Waals surface area contributed by atoms with Gasteiger partial charge in [-0.15, -0.1) is 0 Å². The summed E-state index contributed by atoms with van der Waals surface area (Å²) in [4.78, 5) is 6.65. The molecule has 0 amide bonds. The number of benzene rings is 1. The van der Waals surface area contributed by atoms with Gasteiger partial charge in [0, 0.05) is 37.1 Å². The number of hydrogen-bond donors (Lipinski definition) is 1. The molecule has 0 bridgehead atoms. The maximum absolute atomic E-state index is 9.42. The van der Waals surface area contributed by atoms with Gasteiger partial charge in [-0.1, -0.05) is 12.1 Å². The van der Waals surface area contributed by atoms with Crippen LogP contribution in [-0.2, 0) is 11.3 Å². The van der Waals surface area contributed by atoms with Crippen molar-refractivity contribution in [3.8, 4) is 6.07 Å². The van der Waals surface area contributed by atoms with E-state index in [4.69, 9.17) is 4.74 Å². The standard InChI is InChI=1S/C20H25N5O/c1-5-25(6-2)18-9-7-16(8-10-18)13-22-24-20-19(12-21)17(14-26-4)11-15(3)23-20/h7-11,13H,5-6,14H2,1-4H3,(H,23,24)/b22-13+. The first kappa shape index (κ1) is 19.4. The molecule has 0 aliphatic rings. The number of nitrogens with zero attached hydrogens (tertiary/aromatic N) is 4. The monoisotopic (exact) mass is 351 g/mol. The fourth-order valence-corrected chi connectivity index (χ4v) is 2.74. The zero-order chi connectivity index (χ0) is 18.9. The Morgan fingerprint density at radius 2 is 1.96 bits per heavy atom. The van der Waals surface area contributed by atoms with Crippen molar-refractivity contribution >= 4 is 17.7 Å². The van der Waals surface area contributed by atoms with Gasteiger partial charge in [0.2, 0.25) is 0 Å². The molecule has 1 heterocycles. The summed E-state index contributed by atoms with van der Waals surface area (Å²) in [5.74, 6) is 0.440. The lowest BCUT2D eigenvalue weighted by Gasteiger charge is -2.20. The van der Waals surface area contributed by atoms with E-state index in [1.165, 1.54) is 5.69 Å². The van der Waals surface area contributed by atoms with Gasteiger partial charge in [-0.2, -0.15) is 10.4 Å². The van der Waals surface area contributed by atoms with Crippen LogP contribution in [0.1, 0.15) is 36.2 Å². The molecule has 0 aliphatic carbocycles. The molecule has 0 spiro atoms. The maximum Gasteiger partial charge on any atom is 0.164 e. The maximum atomic E-state index is 9.42. The van der Waals surface area contributed by atoms with Crippen molar-refractivity contribution in [2.75, 3.05) is 30.5 Å². The molecule has 2 rings (SSSR count). The molecule has 0 unspecified atom stereocenters. The van der Waals surface area contributed by atoms with Gasteiger partial charge < -0.3 is 9.64 Å². The van der Waals surface area contributed by atoms with Crippen molar-refractivity contribution in [3.63, 3.8) is 0 Å². The Bertz CT molecular complexity index is 789. The molecule has 136 valence electrons. The van der Waals surface area contributed by atoms with Gasteiger partial charge in [0.15, 0.2) is 5.82 Å². The van der Waals surface area contributed by atoms with E-state index in [2.05, 4.69) is 52.5 Å². The van der Waals surface area contributed by atoms with E-state index < -0.39 is 0 Å². The van der Waals surface area contributed by atoms with Crippen molar-refractivity contribution < 1.29 is 4.74 Å². The van der Waals surface area contributed by atoms with Gasteiger partial charge in [0.1, 0.15) is 11.6 Å². The number of hydrazone groups is 1. The molecule has 0 atom stereocenters. The molecule has 2 aromatic rings. The number of aromatic nitrogens is 1. The molecule has 0 fully saturated rings. The highest BCUT2D eigenvalue weighted by Gasteiger charge is 2.10. The second kappa shape index (κ2) is 9.54. The third-order valence-corrected chi connectivity index (χ3v) is 4.05. The minimum Gasteiger partial charge on any atom is -0.380 e. The lowest BCUT2D eigenvalue weighted by molar-refractivity contribution is 0.184. The van der Waals surface area contributed by atoms with E-state index in [0.717, 1.165) is 29.9 Å². The van der Waals surface area contributed by atoms with E-state index >= 15 is 0 Å². The van der Waals surface area contributed by atoms with Crippen LogP contribution >= 0.6 is 0 Å². The van der Waals surface area contributed by atoms with Gasteiger partial charge in [-0.05, 0) is 44.5 Å². The van der Waals surface area contributed by atoms with Crippen LogP contribution < -0.4 is 10.3 Å². The SMILES string of the molecule is CCN(CC)c1ccc(/C=N/Nc2nc(C)cc(COC)c2C#N)cc1. The molecule has 1 aromatic heterocycles. The van der Waals surface area contributed by atoms with Gasteiger partial charge in [0.25, 0.3) is 0 Å². The molecule has 0 saturated heterocycles. The Morgan fingerprint density at radius 1 is 1.27 bits per heavy atom. The topological polar surface area (TPSA) is 73.5 Å².